The maximum absolute atomic E-state index is 12.2. The summed E-state index contributed by atoms with van der Waals surface area (Å²) in [5.41, 5.74) is 0.612. The third kappa shape index (κ3) is 3.89. The number of sulfonamides is 1. The van der Waals surface area contributed by atoms with Crippen LogP contribution in [0.5, 0.6) is 5.75 Å². The van der Waals surface area contributed by atoms with Crippen LogP contribution in [0.3, 0.4) is 0 Å². The van der Waals surface area contributed by atoms with Gasteiger partial charge in [-0.25, -0.2) is 13.1 Å². The zero-order valence-corrected chi connectivity index (χ0v) is 13.5. The average molecular weight is 346 g/mol. The fraction of sp³-hybridized carbons (Fsp3) is 0.143. The third-order valence-electron chi connectivity index (χ3n) is 2.85. The second kappa shape index (κ2) is 6.66. The van der Waals surface area contributed by atoms with Gasteiger partial charge in [-0.05, 0) is 35.9 Å². The van der Waals surface area contributed by atoms with Gasteiger partial charge in [0.05, 0.1) is 22.1 Å². The zero-order chi connectivity index (χ0) is 15.5. The van der Waals surface area contributed by atoms with Gasteiger partial charge in [0.25, 0.3) is 0 Å². The summed E-state index contributed by atoms with van der Waals surface area (Å²) in [6.07, 6.45) is 0. The topological polar surface area (TPSA) is 55.4 Å². The molecule has 0 amide bonds. The number of methoxy groups -OCH3 is 1. The van der Waals surface area contributed by atoms with E-state index in [9.17, 15) is 8.42 Å². The molecule has 0 radical (unpaired) electrons. The molecule has 0 unspecified atom stereocenters. The molecule has 0 fully saturated rings. The van der Waals surface area contributed by atoms with E-state index in [0.29, 0.717) is 21.4 Å². The summed E-state index contributed by atoms with van der Waals surface area (Å²) in [7, 11) is -2.10. The van der Waals surface area contributed by atoms with Crippen molar-refractivity contribution in [3.63, 3.8) is 0 Å². The van der Waals surface area contributed by atoms with E-state index in [1.165, 1.54) is 19.2 Å². The minimum Gasteiger partial charge on any atom is -0.497 e. The molecule has 0 saturated carbocycles. The van der Waals surface area contributed by atoms with Crippen molar-refractivity contribution >= 4 is 33.2 Å². The van der Waals surface area contributed by atoms with Crippen molar-refractivity contribution in [2.75, 3.05) is 7.11 Å². The highest BCUT2D eigenvalue weighted by atomic mass is 35.5. The summed E-state index contributed by atoms with van der Waals surface area (Å²) in [4.78, 5) is 0.154. The lowest BCUT2D eigenvalue weighted by molar-refractivity contribution is 0.414. The van der Waals surface area contributed by atoms with E-state index in [0.717, 1.165) is 0 Å². The Hall–Kier alpha value is -1.27. The molecule has 4 nitrogen and oxygen atoms in total. The molecule has 112 valence electrons. The maximum atomic E-state index is 12.2. The van der Waals surface area contributed by atoms with Gasteiger partial charge in [0.2, 0.25) is 10.0 Å². The molecular weight excluding hydrogens is 333 g/mol. The number of ether oxygens (including phenoxy) is 1. The lowest BCUT2D eigenvalue weighted by Crippen LogP contribution is -2.23. The van der Waals surface area contributed by atoms with E-state index in [2.05, 4.69) is 4.72 Å². The summed E-state index contributed by atoms with van der Waals surface area (Å²) in [5, 5.41) is 0.731. The van der Waals surface area contributed by atoms with Crippen molar-refractivity contribution in [3.05, 3.63) is 58.1 Å². The van der Waals surface area contributed by atoms with Crippen molar-refractivity contribution in [1.82, 2.24) is 4.72 Å². The number of hydrogen-bond donors (Lipinski definition) is 1. The molecule has 2 aromatic rings. The predicted octanol–water partition coefficient (Wildman–Crippen LogP) is 3.48. The Bertz CT molecular complexity index is 730. The largest absolute Gasteiger partial charge is 0.497 e. The first-order chi connectivity index (χ1) is 9.94. The van der Waals surface area contributed by atoms with Gasteiger partial charge in [0.1, 0.15) is 5.75 Å². The molecule has 0 aliphatic heterocycles. The van der Waals surface area contributed by atoms with Gasteiger partial charge in [-0.3, -0.25) is 0 Å². The molecule has 0 saturated heterocycles. The number of hydrogen-bond acceptors (Lipinski definition) is 3. The van der Waals surface area contributed by atoms with Gasteiger partial charge in [-0.2, -0.15) is 0 Å². The zero-order valence-electron chi connectivity index (χ0n) is 11.1. The van der Waals surface area contributed by atoms with Crippen LogP contribution in [0.15, 0.2) is 47.4 Å². The molecule has 0 aromatic heterocycles. The second-order valence-corrected chi connectivity index (χ2v) is 6.77. The minimum absolute atomic E-state index is 0.0632. The van der Waals surface area contributed by atoms with Gasteiger partial charge < -0.3 is 4.74 Å². The monoisotopic (exact) mass is 345 g/mol. The van der Waals surface area contributed by atoms with Crippen LogP contribution in [0.1, 0.15) is 5.56 Å². The number of nitrogens with one attached hydrogen (secondary N) is 1. The minimum atomic E-state index is -3.62. The van der Waals surface area contributed by atoms with Crippen LogP contribution < -0.4 is 9.46 Å². The van der Waals surface area contributed by atoms with E-state index in [1.807, 2.05) is 0 Å². The van der Waals surface area contributed by atoms with Crippen LogP contribution in [0.25, 0.3) is 0 Å². The van der Waals surface area contributed by atoms with Gasteiger partial charge in [0.15, 0.2) is 0 Å². The Balaban J connectivity index is 2.15. The van der Waals surface area contributed by atoms with Crippen LogP contribution in [0.2, 0.25) is 10.0 Å². The van der Waals surface area contributed by atoms with Crippen molar-refractivity contribution in [1.29, 1.82) is 0 Å². The molecule has 0 bridgehead atoms. The molecular formula is C14H13Cl2NO3S. The fourth-order valence-corrected chi connectivity index (χ4v) is 3.09. The van der Waals surface area contributed by atoms with E-state index >= 15 is 0 Å². The van der Waals surface area contributed by atoms with Gasteiger partial charge >= 0.3 is 0 Å². The van der Waals surface area contributed by atoms with Crippen LogP contribution in [-0.2, 0) is 16.6 Å². The van der Waals surface area contributed by atoms with Gasteiger partial charge in [0, 0.05) is 6.54 Å². The summed E-state index contributed by atoms with van der Waals surface area (Å²) >= 11 is 11.9. The number of rotatable bonds is 5. The standard InChI is InChI=1S/C14H13Cl2NO3S/c1-20-11-5-7-12(8-6-11)21(18,19)17-9-10-3-2-4-13(15)14(10)16/h2-8,17H,9H2,1H3. The predicted molar refractivity (Wildman–Crippen MR) is 83.5 cm³/mol. The van der Waals surface area contributed by atoms with Crippen LogP contribution in [-0.4, -0.2) is 15.5 Å². The number of halogens is 2. The maximum Gasteiger partial charge on any atom is 0.240 e. The first kappa shape index (κ1) is 16.1. The lowest BCUT2D eigenvalue weighted by Gasteiger charge is -2.09. The van der Waals surface area contributed by atoms with E-state index in [-0.39, 0.29) is 11.4 Å². The highest BCUT2D eigenvalue weighted by Crippen LogP contribution is 2.25. The SMILES string of the molecule is COc1ccc(S(=O)(=O)NCc2cccc(Cl)c2Cl)cc1. The Morgan fingerprint density at radius 3 is 2.38 bits per heavy atom. The Labute approximate surface area is 133 Å². The fourth-order valence-electron chi connectivity index (χ4n) is 1.70. The second-order valence-electron chi connectivity index (χ2n) is 4.21. The lowest BCUT2D eigenvalue weighted by atomic mass is 10.2. The summed E-state index contributed by atoms with van der Waals surface area (Å²) < 4.78 is 31.8. The Kier molecular flexibility index (Phi) is 5.11. The molecule has 7 heteroatoms. The van der Waals surface area contributed by atoms with E-state index < -0.39 is 10.0 Å². The first-order valence-corrected chi connectivity index (χ1v) is 8.24. The first-order valence-electron chi connectivity index (χ1n) is 6.00. The third-order valence-corrected chi connectivity index (χ3v) is 5.13. The summed E-state index contributed by atoms with van der Waals surface area (Å²) in [6.45, 7) is 0.0632. The van der Waals surface area contributed by atoms with Crippen molar-refractivity contribution < 1.29 is 13.2 Å². The van der Waals surface area contributed by atoms with Crippen LogP contribution in [0, 0.1) is 0 Å². The molecule has 21 heavy (non-hydrogen) atoms. The highest BCUT2D eigenvalue weighted by molar-refractivity contribution is 7.89. The van der Waals surface area contributed by atoms with E-state index in [1.54, 1.807) is 30.3 Å². The summed E-state index contributed by atoms with van der Waals surface area (Å²) in [5.74, 6) is 0.590. The molecule has 0 heterocycles. The highest BCUT2D eigenvalue weighted by Gasteiger charge is 2.15. The van der Waals surface area contributed by atoms with Crippen molar-refractivity contribution in [2.24, 2.45) is 0 Å². The van der Waals surface area contributed by atoms with Crippen molar-refractivity contribution in [2.45, 2.75) is 11.4 Å². The molecule has 0 spiro atoms. The smallest absolute Gasteiger partial charge is 0.240 e. The Morgan fingerprint density at radius 2 is 1.76 bits per heavy atom. The summed E-state index contributed by atoms with van der Waals surface area (Å²) in [6, 6.07) is 11.2. The van der Waals surface area contributed by atoms with E-state index in [4.69, 9.17) is 27.9 Å². The average Bonchev–Trinajstić information content (AvgIpc) is 2.49. The Morgan fingerprint density at radius 1 is 1.10 bits per heavy atom. The molecule has 1 N–H and O–H groups in total. The molecule has 0 atom stereocenters. The normalized spacial score (nSPS) is 11.4. The van der Waals surface area contributed by atoms with Gasteiger partial charge in [-0.1, -0.05) is 35.3 Å². The van der Waals surface area contributed by atoms with Crippen molar-refractivity contribution in [3.8, 4) is 5.75 Å². The van der Waals surface area contributed by atoms with Gasteiger partial charge in [-0.15, -0.1) is 0 Å². The van der Waals surface area contributed by atoms with Crippen LogP contribution in [0.4, 0.5) is 0 Å². The quantitative estimate of drug-likeness (QED) is 0.902. The molecule has 0 aliphatic carbocycles. The molecule has 2 rings (SSSR count). The molecule has 2 aromatic carbocycles. The molecule has 0 aliphatic rings. The van der Waals surface area contributed by atoms with Crippen LogP contribution >= 0.6 is 23.2 Å². The number of benzene rings is 2.